The van der Waals surface area contributed by atoms with E-state index in [4.69, 9.17) is 21.4 Å². The van der Waals surface area contributed by atoms with Gasteiger partial charge in [0, 0.05) is 4.88 Å². The number of hydrogen-bond acceptors (Lipinski definition) is 4. The second kappa shape index (κ2) is 7.44. The lowest BCUT2D eigenvalue weighted by molar-refractivity contribution is -0.122. The lowest BCUT2D eigenvalue weighted by Crippen LogP contribution is -2.30. The SMILES string of the molecule is CC1(C)Cc2nc(N=C(N)N)sc2C[C@@H]1c1ccccc1.O=CO. The lowest BCUT2D eigenvalue weighted by atomic mass is 9.67. The molecular formula is C17H22N4O2S. The van der Waals surface area contributed by atoms with E-state index in [0.29, 0.717) is 11.0 Å². The second-order valence-electron chi connectivity index (χ2n) is 6.34. The molecule has 128 valence electrons. The molecule has 1 aliphatic rings. The molecule has 2 aromatic rings. The molecule has 0 saturated heterocycles. The van der Waals surface area contributed by atoms with E-state index in [0.717, 1.165) is 18.5 Å². The Morgan fingerprint density at radius 2 is 2.00 bits per heavy atom. The molecular weight excluding hydrogens is 324 g/mol. The number of nitrogens with zero attached hydrogens (tertiary/aromatic N) is 2. The minimum atomic E-state index is -0.250. The molecule has 1 atom stereocenters. The maximum absolute atomic E-state index is 8.36. The second-order valence-corrected chi connectivity index (χ2v) is 7.40. The highest BCUT2D eigenvalue weighted by atomic mass is 32.1. The maximum Gasteiger partial charge on any atom is 0.290 e. The summed E-state index contributed by atoms with van der Waals surface area (Å²) in [5.41, 5.74) is 13.6. The summed E-state index contributed by atoms with van der Waals surface area (Å²) in [6, 6.07) is 10.7. The number of aliphatic imine (C=N–C) groups is 1. The summed E-state index contributed by atoms with van der Waals surface area (Å²) in [4.78, 5) is 18.3. The van der Waals surface area contributed by atoms with E-state index >= 15 is 0 Å². The highest BCUT2D eigenvalue weighted by Crippen LogP contribution is 2.47. The van der Waals surface area contributed by atoms with Gasteiger partial charge in [0.1, 0.15) is 0 Å². The average molecular weight is 346 g/mol. The Kier molecular flexibility index (Phi) is 5.56. The third-order valence-electron chi connectivity index (χ3n) is 4.15. The van der Waals surface area contributed by atoms with Crippen molar-refractivity contribution in [3.05, 3.63) is 46.5 Å². The molecule has 1 aromatic carbocycles. The van der Waals surface area contributed by atoms with Gasteiger partial charge in [0.25, 0.3) is 6.47 Å². The summed E-state index contributed by atoms with van der Waals surface area (Å²) < 4.78 is 0. The number of carbonyl (C=O) groups is 1. The van der Waals surface area contributed by atoms with Gasteiger partial charge < -0.3 is 16.6 Å². The van der Waals surface area contributed by atoms with Crippen molar-refractivity contribution in [2.45, 2.75) is 32.6 Å². The molecule has 1 aromatic heterocycles. The molecule has 5 N–H and O–H groups in total. The Hall–Kier alpha value is -2.41. The molecule has 0 unspecified atom stereocenters. The van der Waals surface area contributed by atoms with Crippen molar-refractivity contribution in [1.29, 1.82) is 0 Å². The molecule has 7 heteroatoms. The monoisotopic (exact) mass is 346 g/mol. The van der Waals surface area contributed by atoms with Gasteiger partial charge >= 0.3 is 0 Å². The largest absolute Gasteiger partial charge is 0.483 e. The number of benzene rings is 1. The molecule has 0 radical (unpaired) electrons. The zero-order valence-electron chi connectivity index (χ0n) is 13.8. The zero-order chi connectivity index (χ0) is 17.7. The molecule has 0 amide bonds. The van der Waals surface area contributed by atoms with Gasteiger partial charge in [-0.3, -0.25) is 4.79 Å². The Bertz CT molecular complexity index is 721. The van der Waals surface area contributed by atoms with Crippen LogP contribution in [0.2, 0.25) is 0 Å². The van der Waals surface area contributed by atoms with E-state index in [1.165, 1.54) is 10.4 Å². The first-order chi connectivity index (χ1) is 11.4. The predicted octanol–water partition coefficient (Wildman–Crippen LogP) is 2.66. The van der Waals surface area contributed by atoms with Crippen LogP contribution in [-0.4, -0.2) is 22.5 Å². The van der Waals surface area contributed by atoms with Crippen LogP contribution >= 0.6 is 11.3 Å². The van der Waals surface area contributed by atoms with Crippen LogP contribution in [0.1, 0.15) is 35.9 Å². The number of hydrogen-bond donors (Lipinski definition) is 3. The van der Waals surface area contributed by atoms with Gasteiger partial charge in [-0.05, 0) is 29.7 Å². The molecule has 24 heavy (non-hydrogen) atoms. The van der Waals surface area contributed by atoms with Crippen LogP contribution in [0.4, 0.5) is 5.13 Å². The summed E-state index contributed by atoms with van der Waals surface area (Å²) in [5, 5.41) is 7.56. The van der Waals surface area contributed by atoms with Crippen molar-refractivity contribution in [1.82, 2.24) is 4.98 Å². The minimum absolute atomic E-state index is 0.0694. The van der Waals surface area contributed by atoms with Crippen LogP contribution in [0, 0.1) is 5.41 Å². The van der Waals surface area contributed by atoms with E-state index in [-0.39, 0.29) is 17.8 Å². The summed E-state index contributed by atoms with van der Waals surface area (Å²) in [5.74, 6) is 0.568. The number of thiazole rings is 1. The van der Waals surface area contributed by atoms with E-state index < -0.39 is 0 Å². The van der Waals surface area contributed by atoms with E-state index in [1.54, 1.807) is 11.3 Å². The van der Waals surface area contributed by atoms with Gasteiger partial charge in [-0.25, -0.2) is 4.98 Å². The van der Waals surface area contributed by atoms with Crippen LogP contribution < -0.4 is 11.5 Å². The van der Waals surface area contributed by atoms with Gasteiger partial charge in [0.2, 0.25) is 5.13 Å². The van der Waals surface area contributed by atoms with Gasteiger partial charge in [0.15, 0.2) is 5.96 Å². The van der Waals surface area contributed by atoms with Crippen molar-refractivity contribution < 1.29 is 9.90 Å². The summed E-state index contributed by atoms with van der Waals surface area (Å²) in [7, 11) is 0. The molecule has 0 fully saturated rings. The fraction of sp³-hybridized carbons (Fsp3) is 0.353. The van der Waals surface area contributed by atoms with E-state index in [2.05, 4.69) is 54.2 Å². The number of guanidine groups is 1. The first-order valence-corrected chi connectivity index (χ1v) is 8.40. The number of carboxylic acid groups (broad SMARTS) is 1. The Morgan fingerprint density at radius 1 is 1.38 bits per heavy atom. The summed E-state index contributed by atoms with van der Waals surface area (Å²) in [6.45, 7) is 4.38. The molecule has 1 aliphatic carbocycles. The topological polar surface area (TPSA) is 115 Å². The maximum atomic E-state index is 8.36. The van der Waals surface area contributed by atoms with Crippen molar-refractivity contribution in [3.63, 3.8) is 0 Å². The average Bonchev–Trinajstić information content (AvgIpc) is 2.87. The molecule has 6 nitrogen and oxygen atoms in total. The van der Waals surface area contributed by atoms with Crippen LogP contribution in [0.5, 0.6) is 0 Å². The van der Waals surface area contributed by atoms with Gasteiger partial charge in [0.05, 0.1) is 5.69 Å². The Labute approximate surface area is 145 Å². The van der Waals surface area contributed by atoms with Crippen LogP contribution in [-0.2, 0) is 17.6 Å². The third kappa shape index (κ3) is 4.11. The van der Waals surface area contributed by atoms with Crippen molar-refractivity contribution in [2.75, 3.05) is 0 Å². The van der Waals surface area contributed by atoms with Crippen molar-refractivity contribution in [3.8, 4) is 0 Å². The van der Waals surface area contributed by atoms with Crippen LogP contribution in [0.15, 0.2) is 35.3 Å². The molecule has 1 heterocycles. The first-order valence-electron chi connectivity index (χ1n) is 7.58. The first kappa shape index (κ1) is 17.9. The molecule has 0 bridgehead atoms. The molecule has 0 aliphatic heterocycles. The van der Waals surface area contributed by atoms with Gasteiger partial charge in [-0.15, -0.1) is 0 Å². The number of fused-ring (bicyclic) bond motifs is 1. The van der Waals surface area contributed by atoms with Crippen molar-refractivity contribution >= 4 is 28.9 Å². The highest BCUT2D eigenvalue weighted by molar-refractivity contribution is 7.15. The third-order valence-corrected chi connectivity index (χ3v) is 5.16. The highest BCUT2D eigenvalue weighted by Gasteiger charge is 2.37. The molecule has 0 spiro atoms. The fourth-order valence-electron chi connectivity index (χ4n) is 3.10. The molecule has 3 rings (SSSR count). The molecule has 0 saturated carbocycles. The smallest absolute Gasteiger partial charge is 0.290 e. The Balaban J connectivity index is 0.000000647. The zero-order valence-corrected chi connectivity index (χ0v) is 14.6. The van der Waals surface area contributed by atoms with Crippen LogP contribution in [0.3, 0.4) is 0 Å². The summed E-state index contributed by atoms with van der Waals surface area (Å²) in [6.07, 6.45) is 1.96. The standard InChI is InChI=1S/C16H20N4S.CH2O2/c1-16(2)9-12-13(21-15(19-12)20-14(17)18)8-11(16)10-6-4-3-5-7-10;2-1-3/h3-7,11H,8-9H2,1-2H3,(H4,17,18,19,20);1H,(H,2,3)/t11-;/m1./s1. The summed E-state index contributed by atoms with van der Waals surface area (Å²) >= 11 is 1.60. The fourth-order valence-corrected chi connectivity index (χ4v) is 4.11. The number of aromatic nitrogens is 1. The van der Waals surface area contributed by atoms with Crippen molar-refractivity contribution in [2.24, 2.45) is 21.9 Å². The van der Waals surface area contributed by atoms with E-state index in [1.807, 2.05) is 0 Å². The number of nitrogens with two attached hydrogens (primary N) is 2. The number of rotatable bonds is 2. The minimum Gasteiger partial charge on any atom is -0.483 e. The van der Waals surface area contributed by atoms with E-state index in [9.17, 15) is 0 Å². The lowest BCUT2D eigenvalue weighted by Gasteiger charge is -2.38. The quantitative estimate of drug-likeness (QED) is 0.439. The van der Waals surface area contributed by atoms with Crippen LogP contribution in [0.25, 0.3) is 0 Å². The Morgan fingerprint density at radius 3 is 2.58 bits per heavy atom. The van der Waals surface area contributed by atoms with Gasteiger partial charge in [-0.2, -0.15) is 4.99 Å². The normalized spacial score (nSPS) is 17.8. The van der Waals surface area contributed by atoms with Gasteiger partial charge in [-0.1, -0.05) is 55.5 Å². The predicted molar refractivity (Wildman–Crippen MR) is 96.6 cm³/mol.